The van der Waals surface area contributed by atoms with Crippen molar-refractivity contribution in [1.29, 1.82) is 0 Å². The predicted molar refractivity (Wildman–Crippen MR) is 97.8 cm³/mol. The van der Waals surface area contributed by atoms with Gasteiger partial charge in [0.15, 0.2) is 0 Å². The number of carbonyl (C=O) groups excluding carboxylic acids is 3. The third kappa shape index (κ3) is 4.72. The van der Waals surface area contributed by atoms with Gasteiger partial charge in [-0.3, -0.25) is 19.4 Å². The summed E-state index contributed by atoms with van der Waals surface area (Å²) < 4.78 is 4.87. The van der Waals surface area contributed by atoms with Crippen molar-refractivity contribution in [3.8, 4) is 0 Å². The monoisotopic (exact) mass is 370 g/mol. The Morgan fingerprint density at radius 3 is 2.52 bits per heavy atom. The van der Waals surface area contributed by atoms with Crippen LogP contribution in [0.25, 0.3) is 0 Å². The largest absolute Gasteiger partial charge is 0.472 e. The summed E-state index contributed by atoms with van der Waals surface area (Å²) in [7, 11) is 0. The van der Waals surface area contributed by atoms with E-state index in [-0.39, 0.29) is 23.6 Å². The Balaban J connectivity index is 1.47. The van der Waals surface area contributed by atoms with Crippen LogP contribution in [0.1, 0.15) is 30.1 Å². The van der Waals surface area contributed by atoms with Crippen LogP contribution in [0.2, 0.25) is 0 Å². The van der Waals surface area contributed by atoms with Crippen molar-refractivity contribution in [2.45, 2.75) is 25.8 Å². The highest BCUT2D eigenvalue weighted by Gasteiger charge is 2.30. The highest BCUT2D eigenvalue weighted by atomic mass is 16.3. The lowest BCUT2D eigenvalue weighted by Crippen LogP contribution is -2.50. The molecule has 3 rings (SSSR count). The Bertz CT molecular complexity index is 783. The molecule has 8 heteroatoms. The van der Waals surface area contributed by atoms with Crippen LogP contribution in [0.5, 0.6) is 0 Å². The summed E-state index contributed by atoms with van der Waals surface area (Å²) in [5, 5.41) is 5.54. The van der Waals surface area contributed by atoms with Crippen LogP contribution in [-0.2, 0) is 9.59 Å². The van der Waals surface area contributed by atoms with E-state index in [0.717, 1.165) is 0 Å². The topological polar surface area (TPSA) is 105 Å². The Labute approximate surface area is 156 Å². The van der Waals surface area contributed by atoms with Crippen LogP contribution in [0, 0.1) is 5.92 Å². The van der Waals surface area contributed by atoms with Crippen molar-refractivity contribution < 1.29 is 18.8 Å². The van der Waals surface area contributed by atoms with Gasteiger partial charge in [-0.25, -0.2) is 0 Å². The molecule has 8 nitrogen and oxygen atoms in total. The molecule has 2 aromatic rings. The summed E-state index contributed by atoms with van der Waals surface area (Å²) in [4.78, 5) is 42.5. The number of amides is 3. The van der Waals surface area contributed by atoms with Crippen molar-refractivity contribution in [2.75, 3.05) is 18.4 Å². The number of nitrogens with zero attached hydrogens (tertiary/aromatic N) is 2. The van der Waals surface area contributed by atoms with Gasteiger partial charge in [-0.05, 0) is 38.0 Å². The summed E-state index contributed by atoms with van der Waals surface area (Å²) in [5.41, 5.74) is 1.09. The van der Waals surface area contributed by atoms with E-state index >= 15 is 0 Å². The molecule has 0 bridgehead atoms. The number of nitrogens with one attached hydrogen (secondary N) is 2. The van der Waals surface area contributed by atoms with Gasteiger partial charge in [0.1, 0.15) is 12.3 Å². The maximum absolute atomic E-state index is 12.6. The standard InChI is InChI=1S/C19H22N4O4/c1-13(21-18(25)15-6-11-27-12-15)19(26)23-9-4-14(5-10-23)17(24)22-16-2-7-20-8-3-16/h2-3,6-8,11-14H,4-5,9-10H2,1H3,(H,21,25)(H,20,22,24). The van der Waals surface area contributed by atoms with Crippen molar-refractivity contribution in [3.63, 3.8) is 0 Å². The molecule has 3 heterocycles. The lowest BCUT2D eigenvalue weighted by Gasteiger charge is -2.33. The molecule has 0 aromatic carbocycles. The third-order valence-electron chi connectivity index (χ3n) is 4.63. The second kappa shape index (κ2) is 8.48. The van der Waals surface area contributed by atoms with E-state index in [1.165, 1.54) is 12.5 Å². The van der Waals surface area contributed by atoms with E-state index in [9.17, 15) is 14.4 Å². The maximum Gasteiger partial charge on any atom is 0.255 e. The lowest BCUT2D eigenvalue weighted by molar-refractivity contribution is -0.135. The number of hydrogen-bond acceptors (Lipinski definition) is 5. The van der Waals surface area contributed by atoms with Crippen LogP contribution in [0.3, 0.4) is 0 Å². The van der Waals surface area contributed by atoms with E-state index in [4.69, 9.17) is 4.42 Å². The molecule has 0 radical (unpaired) electrons. The molecule has 3 amide bonds. The fourth-order valence-corrected chi connectivity index (χ4v) is 3.05. The van der Waals surface area contributed by atoms with Crippen molar-refractivity contribution in [1.82, 2.24) is 15.2 Å². The smallest absolute Gasteiger partial charge is 0.255 e. The lowest BCUT2D eigenvalue weighted by atomic mass is 9.95. The van der Waals surface area contributed by atoms with Gasteiger partial charge in [-0.15, -0.1) is 0 Å². The number of anilines is 1. The average Bonchev–Trinajstić information content (AvgIpc) is 3.23. The zero-order valence-electron chi connectivity index (χ0n) is 15.1. The molecule has 0 saturated carbocycles. The Kier molecular flexibility index (Phi) is 5.85. The second-order valence-corrected chi connectivity index (χ2v) is 6.53. The first-order valence-corrected chi connectivity index (χ1v) is 8.87. The number of likely N-dealkylation sites (tertiary alicyclic amines) is 1. The number of furan rings is 1. The normalized spacial score (nSPS) is 15.8. The van der Waals surface area contributed by atoms with Crippen LogP contribution < -0.4 is 10.6 Å². The van der Waals surface area contributed by atoms with Crippen molar-refractivity contribution in [3.05, 3.63) is 48.7 Å². The van der Waals surface area contributed by atoms with E-state index in [0.29, 0.717) is 37.2 Å². The van der Waals surface area contributed by atoms with Gasteiger partial charge in [0.25, 0.3) is 5.91 Å². The van der Waals surface area contributed by atoms with Crippen molar-refractivity contribution >= 4 is 23.4 Å². The van der Waals surface area contributed by atoms with E-state index in [1.54, 1.807) is 42.4 Å². The fraction of sp³-hybridized carbons (Fsp3) is 0.368. The number of rotatable bonds is 5. The molecule has 142 valence electrons. The number of hydrogen-bond donors (Lipinski definition) is 2. The van der Waals surface area contributed by atoms with E-state index < -0.39 is 6.04 Å². The molecule has 2 aromatic heterocycles. The molecule has 1 saturated heterocycles. The summed E-state index contributed by atoms with van der Waals surface area (Å²) in [6, 6.07) is 4.37. The van der Waals surface area contributed by atoms with Gasteiger partial charge in [-0.1, -0.05) is 0 Å². The predicted octanol–water partition coefficient (Wildman–Crippen LogP) is 1.67. The quantitative estimate of drug-likeness (QED) is 0.833. The van der Waals surface area contributed by atoms with Gasteiger partial charge in [0.2, 0.25) is 11.8 Å². The minimum Gasteiger partial charge on any atom is -0.472 e. The first kappa shape index (κ1) is 18.6. The first-order valence-electron chi connectivity index (χ1n) is 8.87. The average molecular weight is 370 g/mol. The molecular formula is C19H22N4O4. The minimum absolute atomic E-state index is 0.0467. The van der Waals surface area contributed by atoms with Crippen LogP contribution in [-0.4, -0.2) is 46.7 Å². The number of pyridine rings is 1. The van der Waals surface area contributed by atoms with Gasteiger partial charge < -0.3 is 20.0 Å². The minimum atomic E-state index is -0.644. The van der Waals surface area contributed by atoms with Crippen LogP contribution >= 0.6 is 0 Å². The summed E-state index contributed by atoms with van der Waals surface area (Å²) in [6.07, 6.45) is 7.16. The molecule has 1 aliphatic heterocycles. The van der Waals surface area contributed by atoms with E-state index in [2.05, 4.69) is 15.6 Å². The van der Waals surface area contributed by atoms with E-state index in [1.807, 2.05) is 0 Å². The Hall–Kier alpha value is -3.16. The molecule has 0 spiro atoms. The second-order valence-electron chi connectivity index (χ2n) is 6.53. The van der Waals surface area contributed by atoms with Gasteiger partial charge >= 0.3 is 0 Å². The Morgan fingerprint density at radius 1 is 1.19 bits per heavy atom. The van der Waals surface area contributed by atoms with Crippen molar-refractivity contribution in [2.24, 2.45) is 5.92 Å². The molecule has 1 fully saturated rings. The summed E-state index contributed by atoms with van der Waals surface area (Å²) >= 11 is 0. The maximum atomic E-state index is 12.6. The molecule has 2 N–H and O–H groups in total. The first-order chi connectivity index (χ1) is 13.0. The SMILES string of the molecule is CC(NC(=O)c1ccoc1)C(=O)N1CCC(C(=O)Nc2ccncc2)CC1. The van der Waals surface area contributed by atoms with Gasteiger partial charge in [0, 0.05) is 37.1 Å². The number of piperidine rings is 1. The van der Waals surface area contributed by atoms with Gasteiger partial charge in [-0.2, -0.15) is 0 Å². The highest BCUT2D eigenvalue weighted by molar-refractivity contribution is 5.97. The molecule has 27 heavy (non-hydrogen) atoms. The third-order valence-corrected chi connectivity index (χ3v) is 4.63. The molecule has 1 aliphatic rings. The summed E-state index contributed by atoms with van der Waals surface area (Å²) in [6.45, 7) is 2.63. The molecule has 0 aliphatic carbocycles. The van der Waals surface area contributed by atoms with Crippen LogP contribution in [0.15, 0.2) is 47.5 Å². The highest BCUT2D eigenvalue weighted by Crippen LogP contribution is 2.20. The Morgan fingerprint density at radius 2 is 1.89 bits per heavy atom. The zero-order valence-corrected chi connectivity index (χ0v) is 15.1. The number of aromatic nitrogens is 1. The zero-order chi connectivity index (χ0) is 19.2. The number of carbonyl (C=O) groups is 3. The van der Waals surface area contributed by atoms with Crippen LogP contribution in [0.4, 0.5) is 5.69 Å². The van der Waals surface area contributed by atoms with Gasteiger partial charge in [0.05, 0.1) is 11.8 Å². The molecule has 1 atom stereocenters. The summed E-state index contributed by atoms with van der Waals surface area (Å²) in [5.74, 6) is -0.691. The molecular weight excluding hydrogens is 348 g/mol. The fourth-order valence-electron chi connectivity index (χ4n) is 3.05. The molecule has 1 unspecified atom stereocenters.